The number of phenolic OH excluding ortho intramolecular Hbond substituents is 1. The summed E-state index contributed by atoms with van der Waals surface area (Å²) >= 11 is 0. The van der Waals surface area contributed by atoms with Gasteiger partial charge in [0, 0.05) is 17.5 Å². The number of rotatable bonds is 2. The third kappa shape index (κ3) is 1.63. The molecule has 2 rings (SSSR count). The normalized spacial score (nSPS) is 20.5. The molecular formula is C11H12O4. The van der Waals surface area contributed by atoms with Crippen molar-refractivity contribution in [1.82, 2.24) is 0 Å². The lowest BCUT2D eigenvalue weighted by molar-refractivity contribution is -0.142. The topological polar surface area (TPSA) is 66.8 Å². The Morgan fingerprint density at radius 3 is 3.00 bits per heavy atom. The van der Waals surface area contributed by atoms with Crippen LogP contribution in [0, 0.1) is 5.92 Å². The minimum atomic E-state index is -0.829. The predicted molar refractivity (Wildman–Crippen MR) is 53.1 cm³/mol. The maximum Gasteiger partial charge on any atom is 0.306 e. The molecule has 2 N–H and O–H groups in total. The molecule has 0 amide bonds. The van der Waals surface area contributed by atoms with Crippen LogP contribution in [0.2, 0.25) is 0 Å². The van der Waals surface area contributed by atoms with Crippen molar-refractivity contribution in [1.29, 1.82) is 0 Å². The van der Waals surface area contributed by atoms with Gasteiger partial charge >= 0.3 is 5.97 Å². The molecule has 1 aromatic rings. The average Bonchev–Trinajstić information content (AvgIpc) is 2.59. The second-order valence-electron chi connectivity index (χ2n) is 3.77. The molecule has 0 saturated carbocycles. The van der Waals surface area contributed by atoms with E-state index in [0.717, 1.165) is 5.56 Å². The zero-order chi connectivity index (χ0) is 11.0. The first kappa shape index (κ1) is 9.83. The van der Waals surface area contributed by atoms with Crippen LogP contribution in [0.5, 0.6) is 11.5 Å². The van der Waals surface area contributed by atoms with Crippen LogP contribution in [0.15, 0.2) is 18.2 Å². The zero-order valence-corrected chi connectivity index (χ0v) is 8.30. The molecule has 0 radical (unpaired) electrons. The lowest BCUT2D eigenvalue weighted by Crippen LogP contribution is -2.19. The number of carboxylic acids is 1. The number of ether oxygens (including phenoxy) is 1. The third-order valence-electron chi connectivity index (χ3n) is 2.81. The minimum Gasteiger partial charge on any atom is -0.508 e. The number of aliphatic carboxylic acids is 1. The van der Waals surface area contributed by atoms with Gasteiger partial charge in [-0.15, -0.1) is 0 Å². The van der Waals surface area contributed by atoms with E-state index in [2.05, 4.69) is 0 Å². The molecule has 0 fully saturated rings. The third-order valence-corrected chi connectivity index (χ3v) is 2.81. The highest BCUT2D eigenvalue weighted by Crippen LogP contribution is 2.39. The molecule has 0 aromatic heterocycles. The van der Waals surface area contributed by atoms with Gasteiger partial charge in [-0.2, -0.15) is 0 Å². The Hall–Kier alpha value is -1.71. The van der Waals surface area contributed by atoms with Gasteiger partial charge in [0.1, 0.15) is 11.5 Å². The monoisotopic (exact) mass is 208 g/mol. The number of fused-ring (bicyclic) bond motifs is 1. The van der Waals surface area contributed by atoms with Crippen LogP contribution >= 0.6 is 0 Å². The lowest BCUT2D eigenvalue weighted by Gasteiger charge is -2.13. The standard InChI is InChI=1S/C11H12O4/c1-6(11(13)14)9-5-15-10-4-7(12)2-3-8(9)10/h2-4,6,9,12H,5H2,1H3,(H,13,14)/t6?,9-/m1/s1. The van der Waals surface area contributed by atoms with E-state index in [-0.39, 0.29) is 11.7 Å². The molecule has 1 aliphatic rings. The SMILES string of the molecule is CC(C(=O)O)[C@H]1COc2cc(O)ccc21. The molecule has 0 aliphatic carbocycles. The second kappa shape index (κ2) is 3.46. The summed E-state index contributed by atoms with van der Waals surface area (Å²) in [6, 6.07) is 4.79. The lowest BCUT2D eigenvalue weighted by atomic mass is 9.89. The van der Waals surface area contributed by atoms with Gasteiger partial charge in [0.25, 0.3) is 0 Å². The van der Waals surface area contributed by atoms with E-state index in [0.29, 0.717) is 12.4 Å². The van der Waals surface area contributed by atoms with Crippen molar-refractivity contribution in [2.45, 2.75) is 12.8 Å². The van der Waals surface area contributed by atoms with Crippen LogP contribution in [0.3, 0.4) is 0 Å². The number of hydrogen-bond donors (Lipinski definition) is 2. The smallest absolute Gasteiger partial charge is 0.306 e. The fraction of sp³-hybridized carbons (Fsp3) is 0.364. The van der Waals surface area contributed by atoms with Crippen LogP contribution < -0.4 is 4.74 Å². The summed E-state index contributed by atoms with van der Waals surface area (Å²) < 4.78 is 5.34. The molecule has 0 saturated heterocycles. The summed E-state index contributed by atoms with van der Waals surface area (Å²) in [4.78, 5) is 10.9. The predicted octanol–water partition coefficient (Wildman–Crippen LogP) is 1.59. The van der Waals surface area contributed by atoms with E-state index in [9.17, 15) is 9.90 Å². The largest absolute Gasteiger partial charge is 0.508 e. The van der Waals surface area contributed by atoms with Gasteiger partial charge in [-0.05, 0) is 6.07 Å². The van der Waals surface area contributed by atoms with Crippen molar-refractivity contribution in [3.05, 3.63) is 23.8 Å². The van der Waals surface area contributed by atoms with Gasteiger partial charge in [-0.25, -0.2) is 0 Å². The summed E-state index contributed by atoms with van der Waals surface area (Å²) in [5.74, 6) is -0.705. The number of benzene rings is 1. The highest BCUT2D eigenvalue weighted by atomic mass is 16.5. The zero-order valence-electron chi connectivity index (χ0n) is 8.30. The average molecular weight is 208 g/mol. The Bertz CT molecular complexity index is 400. The molecule has 1 heterocycles. The van der Waals surface area contributed by atoms with Crippen LogP contribution in [0.25, 0.3) is 0 Å². The van der Waals surface area contributed by atoms with Gasteiger partial charge in [0.2, 0.25) is 0 Å². The summed E-state index contributed by atoms with van der Waals surface area (Å²) in [5.41, 5.74) is 0.864. The van der Waals surface area contributed by atoms with Crippen LogP contribution in [0.4, 0.5) is 0 Å². The van der Waals surface area contributed by atoms with Crippen LogP contribution in [-0.2, 0) is 4.79 Å². The van der Waals surface area contributed by atoms with Crippen molar-refractivity contribution in [3.63, 3.8) is 0 Å². The van der Waals surface area contributed by atoms with Crippen LogP contribution in [-0.4, -0.2) is 22.8 Å². The highest BCUT2D eigenvalue weighted by Gasteiger charge is 2.32. The van der Waals surface area contributed by atoms with E-state index in [4.69, 9.17) is 9.84 Å². The quantitative estimate of drug-likeness (QED) is 0.774. The molecule has 4 nitrogen and oxygen atoms in total. The molecule has 2 atom stereocenters. The maximum absolute atomic E-state index is 10.9. The molecule has 0 spiro atoms. The Morgan fingerprint density at radius 2 is 2.33 bits per heavy atom. The first-order chi connectivity index (χ1) is 7.09. The van der Waals surface area contributed by atoms with E-state index in [1.165, 1.54) is 6.07 Å². The van der Waals surface area contributed by atoms with Crippen molar-refractivity contribution < 1.29 is 19.7 Å². The number of carboxylic acid groups (broad SMARTS) is 1. The van der Waals surface area contributed by atoms with E-state index >= 15 is 0 Å². The van der Waals surface area contributed by atoms with Gasteiger partial charge in [0.15, 0.2) is 0 Å². The van der Waals surface area contributed by atoms with Gasteiger partial charge in [-0.1, -0.05) is 13.0 Å². The fourth-order valence-corrected chi connectivity index (χ4v) is 1.81. The Balaban J connectivity index is 2.32. The number of phenols is 1. The van der Waals surface area contributed by atoms with Crippen molar-refractivity contribution in [2.75, 3.05) is 6.61 Å². The Morgan fingerprint density at radius 1 is 1.60 bits per heavy atom. The van der Waals surface area contributed by atoms with E-state index in [1.54, 1.807) is 19.1 Å². The van der Waals surface area contributed by atoms with Crippen molar-refractivity contribution in [2.24, 2.45) is 5.92 Å². The van der Waals surface area contributed by atoms with Gasteiger partial charge in [0.05, 0.1) is 12.5 Å². The molecule has 80 valence electrons. The van der Waals surface area contributed by atoms with Gasteiger partial charge < -0.3 is 14.9 Å². The minimum absolute atomic E-state index is 0.127. The molecule has 4 heteroatoms. The van der Waals surface area contributed by atoms with Crippen LogP contribution in [0.1, 0.15) is 18.4 Å². The molecule has 1 unspecified atom stereocenters. The van der Waals surface area contributed by atoms with E-state index < -0.39 is 11.9 Å². The first-order valence-corrected chi connectivity index (χ1v) is 4.78. The molecule has 0 bridgehead atoms. The second-order valence-corrected chi connectivity index (χ2v) is 3.77. The van der Waals surface area contributed by atoms with Crippen molar-refractivity contribution >= 4 is 5.97 Å². The summed E-state index contributed by atoms with van der Waals surface area (Å²) in [7, 11) is 0. The maximum atomic E-state index is 10.9. The Kier molecular flexibility index (Phi) is 2.26. The summed E-state index contributed by atoms with van der Waals surface area (Å²) in [6.45, 7) is 2.03. The first-order valence-electron chi connectivity index (χ1n) is 4.78. The summed E-state index contributed by atoms with van der Waals surface area (Å²) in [6.07, 6.45) is 0. The van der Waals surface area contributed by atoms with Gasteiger partial charge in [-0.3, -0.25) is 4.79 Å². The summed E-state index contributed by atoms with van der Waals surface area (Å²) in [5, 5.41) is 18.2. The number of aromatic hydroxyl groups is 1. The highest BCUT2D eigenvalue weighted by molar-refractivity contribution is 5.71. The molecule has 15 heavy (non-hydrogen) atoms. The number of carbonyl (C=O) groups is 1. The molecule has 1 aromatic carbocycles. The fourth-order valence-electron chi connectivity index (χ4n) is 1.81. The molecule has 1 aliphatic heterocycles. The number of hydrogen-bond acceptors (Lipinski definition) is 3. The molecular weight excluding hydrogens is 196 g/mol. The Labute approximate surface area is 87.1 Å². The van der Waals surface area contributed by atoms with E-state index in [1.807, 2.05) is 0 Å². The van der Waals surface area contributed by atoms with Crippen molar-refractivity contribution in [3.8, 4) is 11.5 Å².